The number of carboxylic acid groups (broad SMARTS) is 1. The van der Waals surface area contributed by atoms with E-state index in [1.807, 2.05) is 0 Å². The SMILES string of the molecule is NC1CCCCC1C(=O)N1CCCCCC1C(=O)O. The Kier molecular flexibility index (Phi) is 4.80. The number of rotatable bonds is 2. The van der Waals surface area contributed by atoms with E-state index >= 15 is 0 Å². The van der Waals surface area contributed by atoms with Gasteiger partial charge in [0.15, 0.2) is 0 Å². The van der Waals surface area contributed by atoms with E-state index in [9.17, 15) is 14.7 Å². The van der Waals surface area contributed by atoms with Crippen LogP contribution in [0.1, 0.15) is 51.4 Å². The third kappa shape index (κ3) is 3.26. The molecule has 1 aliphatic carbocycles. The van der Waals surface area contributed by atoms with E-state index in [2.05, 4.69) is 0 Å². The number of nitrogens with two attached hydrogens (primary N) is 1. The van der Waals surface area contributed by atoms with Crippen molar-refractivity contribution < 1.29 is 14.7 Å². The normalized spacial score (nSPS) is 32.7. The van der Waals surface area contributed by atoms with Crippen LogP contribution in [0.3, 0.4) is 0 Å². The van der Waals surface area contributed by atoms with E-state index in [1.165, 1.54) is 0 Å². The smallest absolute Gasteiger partial charge is 0.326 e. The van der Waals surface area contributed by atoms with Gasteiger partial charge in [0.25, 0.3) is 0 Å². The number of carbonyl (C=O) groups is 2. The lowest BCUT2D eigenvalue weighted by Crippen LogP contribution is -2.51. The average Bonchev–Trinajstić information content (AvgIpc) is 2.64. The predicted octanol–water partition coefficient (Wildman–Crippen LogP) is 1.36. The molecule has 2 aliphatic rings. The van der Waals surface area contributed by atoms with Crippen molar-refractivity contribution in [2.45, 2.75) is 63.5 Å². The zero-order valence-corrected chi connectivity index (χ0v) is 11.4. The molecule has 1 amide bonds. The summed E-state index contributed by atoms with van der Waals surface area (Å²) in [6.07, 6.45) is 7.15. The zero-order chi connectivity index (χ0) is 13.8. The molecule has 0 bridgehead atoms. The Balaban J connectivity index is 2.11. The second-order valence-electron chi connectivity index (χ2n) is 5.79. The Labute approximate surface area is 114 Å². The van der Waals surface area contributed by atoms with Crippen LogP contribution in [0.2, 0.25) is 0 Å². The van der Waals surface area contributed by atoms with E-state index in [0.717, 1.165) is 44.9 Å². The van der Waals surface area contributed by atoms with E-state index in [-0.39, 0.29) is 17.9 Å². The molecule has 2 fully saturated rings. The molecule has 1 heterocycles. The van der Waals surface area contributed by atoms with Crippen molar-refractivity contribution in [3.63, 3.8) is 0 Å². The van der Waals surface area contributed by atoms with Gasteiger partial charge in [-0.25, -0.2) is 4.79 Å². The van der Waals surface area contributed by atoms with Gasteiger partial charge in [0.1, 0.15) is 6.04 Å². The fourth-order valence-corrected chi connectivity index (χ4v) is 3.31. The molecule has 3 unspecified atom stereocenters. The van der Waals surface area contributed by atoms with Gasteiger partial charge in [-0.1, -0.05) is 25.7 Å². The lowest BCUT2D eigenvalue weighted by molar-refractivity contribution is -0.152. The largest absolute Gasteiger partial charge is 0.480 e. The van der Waals surface area contributed by atoms with Gasteiger partial charge in [-0.15, -0.1) is 0 Å². The van der Waals surface area contributed by atoms with Gasteiger partial charge < -0.3 is 15.7 Å². The van der Waals surface area contributed by atoms with Crippen molar-refractivity contribution in [1.29, 1.82) is 0 Å². The molecule has 3 N–H and O–H groups in total. The minimum Gasteiger partial charge on any atom is -0.480 e. The lowest BCUT2D eigenvalue weighted by atomic mass is 9.84. The van der Waals surface area contributed by atoms with E-state index in [0.29, 0.717) is 13.0 Å². The highest BCUT2D eigenvalue weighted by atomic mass is 16.4. The van der Waals surface area contributed by atoms with E-state index < -0.39 is 12.0 Å². The number of aliphatic carboxylic acids is 1. The van der Waals surface area contributed by atoms with Crippen molar-refractivity contribution in [2.75, 3.05) is 6.54 Å². The van der Waals surface area contributed by atoms with Crippen LogP contribution in [-0.2, 0) is 9.59 Å². The van der Waals surface area contributed by atoms with E-state index in [1.54, 1.807) is 4.90 Å². The van der Waals surface area contributed by atoms with Crippen molar-refractivity contribution in [2.24, 2.45) is 11.7 Å². The van der Waals surface area contributed by atoms with Gasteiger partial charge >= 0.3 is 5.97 Å². The quantitative estimate of drug-likeness (QED) is 0.792. The van der Waals surface area contributed by atoms with Gasteiger partial charge in [-0.05, 0) is 25.7 Å². The van der Waals surface area contributed by atoms with Gasteiger partial charge in [-0.2, -0.15) is 0 Å². The fourth-order valence-electron chi connectivity index (χ4n) is 3.31. The molecule has 1 saturated carbocycles. The van der Waals surface area contributed by atoms with Crippen LogP contribution in [0.15, 0.2) is 0 Å². The summed E-state index contributed by atoms with van der Waals surface area (Å²) in [5, 5.41) is 9.32. The molecular weight excluding hydrogens is 244 g/mol. The first-order valence-corrected chi connectivity index (χ1v) is 7.40. The highest BCUT2D eigenvalue weighted by Crippen LogP contribution is 2.27. The molecule has 1 aliphatic heterocycles. The molecule has 5 nitrogen and oxygen atoms in total. The number of amides is 1. The molecule has 0 radical (unpaired) electrons. The number of likely N-dealkylation sites (tertiary alicyclic amines) is 1. The number of hydrogen-bond donors (Lipinski definition) is 2. The molecule has 108 valence electrons. The van der Waals surface area contributed by atoms with Crippen LogP contribution >= 0.6 is 0 Å². The van der Waals surface area contributed by atoms with Crippen LogP contribution < -0.4 is 5.73 Å². The summed E-state index contributed by atoms with van der Waals surface area (Å²) in [6.45, 7) is 0.568. The van der Waals surface area contributed by atoms with Gasteiger partial charge in [0.2, 0.25) is 5.91 Å². The second-order valence-corrected chi connectivity index (χ2v) is 5.79. The van der Waals surface area contributed by atoms with Crippen LogP contribution in [0.5, 0.6) is 0 Å². The van der Waals surface area contributed by atoms with Crippen molar-refractivity contribution >= 4 is 11.9 Å². The molecule has 1 saturated heterocycles. The first kappa shape index (κ1) is 14.3. The van der Waals surface area contributed by atoms with Gasteiger partial charge in [-0.3, -0.25) is 4.79 Å². The fraction of sp³-hybridized carbons (Fsp3) is 0.857. The third-order valence-electron chi connectivity index (χ3n) is 4.46. The Hall–Kier alpha value is -1.10. The molecule has 0 aromatic carbocycles. The van der Waals surface area contributed by atoms with Gasteiger partial charge in [0.05, 0.1) is 5.92 Å². The van der Waals surface area contributed by atoms with Crippen LogP contribution in [-0.4, -0.2) is 40.5 Å². The minimum atomic E-state index is -0.875. The standard InChI is InChI=1S/C14H24N2O3/c15-11-7-4-3-6-10(11)13(17)16-9-5-1-2-8-12(16)14(18)19/h10-12H,1-9,15H2,(H,18,19). The monoisotopic (exact) mass is 268 g/mol. The predicted molar refractivity (Wildman–Crippen MR) is 71.5 cm³/mol. The zero-order valence-electron chi connectivity index (χ0n) is 11.4. The summed E-state index contributed by atoms with van der Waals surface area (Å²) in [7, 11) is 0. The lowest BCUT2D eigenvalue weighted by Gasteiger charge is -2.35. The number of nitrogens with zero attached hydrogens (tertiary/aromatic N) is 1. The maximum atomic E-state index is 12.6. The van der Waals surface area contributed by atoms with Crippen molar-refractivity contribution in [1.82, 2.24) is 4.90 Å². The molecule has 0 spiro atoms. The number of hydrogen-bond acceptors (Lipinski definition) is 3. The van der Waals surface area contributed by atoms with Crippen molar-refractivity contribution in [3.05, 3.63) is 0 Å². The molecule has 3 atom stereocenters. The molecule has 0 aromatic heterocycles. The summed E-state index contributed by atoms with van der Waals surface area (Å²) >= 11 is 0. The number of carbonyl (C=O) groups excluding carboxylic acids is 1. The number of carboxylic acids is 1. The molecule has 5 heteroatoms. The third-order valence-corrected chi connectivity index (χ3v) is 4.46. The average molecular weight is 268 g/mol. The Morgan fingerprint density at radius 1 is 1.00 bits per heavy atom. The summed E-state index contributed by atoms with van der Waals surface area (Å²) in [5.74, 6) is -1.07. The summed E-state index contributed by atoms with van der Waals surface area (Å²) in [4.78, 5) is 25.6. The first-order chi connectivity index (χ1) is 9.11. The van der Waals surface area contributed by atoms with Crippen LogP contribution in [0.25, 0.3) is 0 Å². The molecule has 19 heavy (non-hydrogen) atoms. The van der Waals surface area contributed by atoms with Crippen LogP contribution in [0.4, 0.5) is 0 Å². The second kappa shape index (κ2) is 6.37. The Morgan fingerprint density at radius 3 is 2.37 bits per heavy atom. The highest BCUT2D eigenvalue weighted by molar-refractivity contribution is 5.85. The molecule has 0 aromatic rings. The van der Waals surface area contributed by atoms with Crippen LogP contribution in [0, 0.1) is 5.92 Å². The maximum absolute atomic E-state index is 12.6. The maximum Gasteiger partial charge on any atom is 0.326 e. The highest BCUT2D eigenvalue weighted by Gasteiger charge is 2.37. The van der Waals surface area contributed by atoms with E-state index in [4.69, 9.17) is 5.73 Å². The van der Waals surface area contributed by atoms with Crippen molar-refractivity contribution in [3.8, 4) is 0 Å². The Morgan fingerprint density at radius 2 is 1.68 bits per heavy atom. The summed E-state index contributed by atoms with van der Waals surface area (Å²) in [6, 6.07) is -0.747. The minimum absolute atomic E-state index is 0.0264. The van der Waals surface area contributed by atoms with Gasteiger partial charge in [0, 0.05) is 12.6 Å². The Bertz CT molecular complexity index is 346. The summed E-state index contributed by atoms with van der Waals surface area (Å²) in [5.41, 5.74) is 6.05. The topological polar surface area (TPSA) is 83.6 Å². The molecular formula is C14H24N2O3. The first-order valence-electron chi connectivity index (χ1n) is 7.40. The summed E-state index contributed by atoms with van der Waals surface area (Å²) < 4.78 is 0. The molecule has 2 rings (SSSR count).